The standard InChI is InChI=1S/C17H15ClN2O11S3.Cu/c1-7-2-8-4-13(34(29,30)31)15(17(22)14(8)12(3-7)33(26,27)28)20-19-11-6-9(32(23,24)25)5-10(18)16(11)21;/h2-6,21-22,26-28H,1H3,(H,23,24,25)(H,29,30,31);. The van der Waals surface area contributed by atoms with E-state index in [2.05, 4.69) is 10.2 Å². The van der Waals surface area contributed by atoms with Crippen molar-refractivity contribution >= 4 is 64.9 Å². The number of aryl methyl sites for hydroxylation is 1. The molecule has 13 nitrogen and oxygen atoms in total. The summed E-state index contributed by atoms with van der Waals surface area (Å²) >= 11 is 5.71. The van der Waals surface area contributed by atoms with Gasteiger partial charge in [0.15, 0.2) is 11.5 Å². The van der Waals surface area contributed by atoms with Gasteiger partial charge in [-0.05, 0) is 42.1 Å². The zero-order valence-electron chi connectivity index (χ0n) is 16.9. The summed E-state index contributed by atoms with van der Waals surface area (Å²) in [5, 5.41) is 26.6. The molecule has 0 unspecified atom stereocenters. The van der Waals surface area contributed by atoms with Gasteiger partial charge in [0.25, 0.3) is 20.2 Å². The van der Waals surface area contributed by atoms with Gasteiger partial charge >= 0.3 is 0 Å². The van der Waals surface area contributed by atoms with Gasteiger partial charge in [0.2, 0.25) is 0 Å². The first-order valence-electron chi connectivity index (χ1n) is 8.61. The molecule has 0 saturated heterocycles. The van der Waals surface area contributed by atoms with Crippen molar-refractivity contribution in [3.8, 4) is 11.5 Å². The van der Waals surface area contributed by atoms with Gasteiger partial charge in [0.1, 0.15) is 27.1 Å². The first-order chi connectivity index (χ1) is 15.4. The Morgan fingerprint density at radius 2 is 1.37 bits per heavy atom. The molecule has 0 fully saturated rings. The molecule has 18 heteroatoms. The Hall–Kier alpha value is -2.02. The van der Waals surface area contributed by atoms with Crippen molar-refractivity contribution in [3.63, 3.8) is 0 Å². The SMILES string of the molecule is Cc1cc(S(O)(O)O)c2c(O)c(N=Nc3cc(S(=O)(=O)O)cc(Cl)c3O)c(S(=O)(=O)O)cc2c1.[Cu]. The van der Waals surface area contributed by atoms with Gasteiger partial charge in [-0.15, -0.1) is 10.2 Å². The number of phenols is 2. The average molecular weight is 619 g/mol. The van der Waals surface area contributed by atoms with Crippen LogP contribution in [-0.2, 0) is 37.3 Å². The van der Waals surface area contributed by atoms with E-state index in [-0.39, 0.29) is 22.5 Å². The quantitative estimate of drug-likeness (QED) is 0.118. The van der Waals surface area contributed by atoms with E-state index >= 15 is 0 Å². The first-order valence-corrected chi connectivity index (χ1v) is 13.4. The minimum atomic E-state index is -5.08. The summed E-state index contributed by atoms with van der Waals surface area (Å²) in [5.74, 6) is -1.89. The van der Waals surface area contributed by atoms with Gasteiger partial charge in [-0.3, -0.25) is 9.11 Å². The van der Waals surface area contributed by atoms with Crippen molar-refractivity contribution in [2.75, 3.05) is 0 Å². The Balaban J connectivity index is 0.00000432. The number of rotatable bonds is 5. The largest absolute Gasteiger partial charge is 0.505 e. The molecule has 0 bridgehead atoms. The van der Waals surface area contributed by atoms with Gasteiger partial charge < -0.3 is 23.9 Å². The molecule has 3 rings (SSSR count). The molecule has 3 aromatic rings. The summed E-state index contributed by atoms with van der Waals surface area (Å²) in [4.78, 5) is -2.38. The summed E-state index contributed by atoms with van der Waals surface area (Å²) in [6, 6.07) is 4.54. The van der Waals surface area contributed by atoms with Crippen molar-refractivity contribution in [3.05, 3.63) is 40.9 Å². The number of aromatic hydroxyl groups is 2. The third kappa shape index (κ3) is 6.04. The molecule has 0 aliphatic carbocycles. The second kappa shape index (κ2) is 9.79. The zero-order chi connectivity index (χ0) is 25.8. The third-order valence-corrected chi connectivity index (χ3v) is 7.30. The molecule has 0 aliphatic heterocycles. The smallest absolute Gasteiger partial charge is 0.296 e. The molecule has 0 atom stereocenters. The van der Waals surface area contributed by atoms with E-state index in [0.29, 0.717) is 17.7 Å². The summed E-state index contributed by atoms with van der Waals surface area (Å²) in [7, 11) is -14.3. The van der Waals surface area contributed by atoms with Crippen molar-refractivity contribution in [1.29, 1.82) is 0 Å². The molecule has 0 aromatic heterocycles. The third-order valence-electron chi connectivity index (χ3n) is 4.40. The zero-order valence-corrected chi connectivity index (χ0v) is 21.1. The molecular formula is C17H15ClCuN2O11S3. The Morgan fingerprint density at radius 1 is 0.771 bits per heavy atom. The summed E-state index contributed by atoms with van der Waals surface area (Å²) in [5.41, 5.74) is -1.32. The number of nitrogens with zero attached hydrogens (tertiary/aromatic N) is 2. The predicted molar refractivity (Wildman–Crippen MR) is 121 cm³/mol. The van der Waals surface area contributed by atoms with E-state index < -0.39 is 79.1 Å². The summed E-state index contributed by atoms with van der Waals surface area (Å²) < 4.78 is 94.8. The molecule has 195 valence electrons. The number of azo groups is 1. The fourth-order valence-electron chi connectivity index (χ4n) is 2.99. The molecule has 1 radical (unpaired) electrons. The van der Waals surface area contributed by atoms with E-state index in [1.54, 1.807) is 0 Å². The van der Waals surface area contributed by atoms with Crippen LogP contribution in [0.15, 0.2) is 55.2 Å². The molecule has 35 heavy (non-hydrogen) atoms. The van der Waals surface area contributed by atoms with Gasteiger partial charge in [-0.1, -0.05) is 17.7 Å². The van der Waals surface area contributed by atoms with E-state index in [4.69, 9.17) is 11.6 Å². The topological polar surface area (TPSA) is 235 Å². The van der Waals surface area contributed by atoms with Crippen LogP contribution < -0.4 is 0 Å². The van der Waals surface area contributed by atoms with Gasteiger partial charge in [0, 0.05) is 22.5 Å². The maximum atomic E-state index is 12.0. The van der Waals surface area contributed by atoms with Crippen LogP contribution >= 0.6 is 22.5 Å². The summed E-state index contributed by atoms with van der Waals surface area (Å²) in [6.07, 6.45) is 0. The second-order valence-electron chi connectivity index (χ2n) is 6.87. The molecular weight excluding hydrogens is 603 g/mol. The summed E-state index contributed by atoms with van der Waals surface area (Å²) in [6.45, 7) is 1.47. The molecule has 0 amide bonds. The number of benzene rings is 3. The van der Waals surface area contributed by atoms with Crippen LogP contribution in [-0.4, -0.2) is 49.8 Å². The number of fused-ring (bicyclic) bond motifs is 1. The Bertz CT molecular complexity index is 1590. The van der Waals surface area contributed by atoms with Gasteiger partial charge in [-0.2, -0.15) is 16.8 Å². The maximum Gasteiger partial charge on any atom is 0.296 e. The number of hydrogen-bond donors (Lipinski definition) is 7. The number of hydrogen-bond acceptors (Lipinski definition) is 11. The number of phenolic OH excluding ortho intramolecular Hbond substituents is 2. The monoisotopic (exact) mass is 617 g/mol. The van der Waals surface area contributed by atoms with E-state index in [1.807, 2.05) is 0 Å². The molecule has 7 N–H and O–H groups in total. The number of halogens is 1. The van der Waals surface area contributed by atoms with Crippen LogP contribution in [0.1, 0.15) is 5.56 Å². The van der Waals surface area contributed by atoms with Gasteiger partial charge in [0.05, 0.1) is 14.8 Å². The van der Waals surface area contributed by atoms with Crippen LogP contribution in [0.25, 0.3) is 10.8 Å². The van der Waals surface area contributed by atoms with E-state index in [9.17, 15) is 49.8 Å². The van der Waals surface area contributed by atoms with Crippen LogP contribution in [0, 0.1) is 6.92 Å². The average Bonchev–Trinajstić information content (AvgIpc) is 2.66. The van der Waals surface area contributed by atoms with Crippen LogP contribution in [0.2, 0.25) is 5.02 Å². The fraction of sp³-hybridized carbons (Fsp3) is 0.0588. The van der Waals surface area contributed by atoms with Crippen LogP contribution in [0.4, 0.5) is 11.4 Å². The Morgan fingerprint density at radius 3 is 1.89 bits per heavy atom. The Labute approximate surface area is 215 Å². The fourth-order valence-corrected chi connectivity index (χ4v) is 5.29. The van der Waals surface area contributed by atoms with Crippen molar-refractivity contribution in [2.45, 2.75) is 21.6 Å². The predicted octanol–water partition coefficient (Wildman–Crippen LogP) is 4.70. The van der Waals surface area contributed by atoms with Crippen LogP contribution in [0.3, 0.4) is 0 Å². The van der Waals surface area contributed by atoms with Crippen molar-refractivity contribution in [2.24, 2.45) is 10.2 Å². The van der Waals surface area contributed by atoms with Crippen molar-refractivity contribution < 1.29 is 66.9 Å². The minimum absolute atomic E-state index is 0. The molecule has 0 heterocycles. The minimum Gasteiger partial charge on any atom is -0.505 e. The maximum absolute atomic E-state index is 12.0. The Kier molecular flexibility index (Phi) is 8.17. The molecule has 3 aromatic carbocycles. The van der Waals surface area contributed by atoms with Gasteiger partial charge in [-0.25, -0.2) is 0 Å². The second-order valence-corrected chi connectivity index (χ2v) is 11.6. The molecule has 0 saturated carbocycles. The molecule has 0 aliphatic rings. The van der Waals surface area contributed by atoms with Crippen LogP contribution in [0.5, 0.6) is 11.5 Å². The van der Waals surface area contributed by atoms with E-state index in [0.717, 1.165) is 12.1 Å². The first kappa shape index (κ1) is 29.2. The normalized spacial score (nSPS) is 13.2. The van der Waals surface area contributed by atoms with E-state index in [1.165, 1.54) is 13.0 Å². The van der Waals surface area contributed by atoms with Crippen molar-refractivity contribution in [1.82, 2.24) is 0 Å². The molecule has 0 spiro atoms.